The van der Waals surface area contributed by atoms with Gasteiger partial charge >= 0.3 is 17.9 Å². The molecule has 0 spiro atoms. The minimum Gasteiger partial charge on any atom is -0.438 e. The Kier molecular flexibility index (Phi) is 9.52. The van der Waals surface area contributed by atoms with E-state index in [1.807, 2.05) is 13.8 Å². The van der Waals surface area contributed by atoms with E-state index in [0.717, 1.165) is 12.1 Å². The van der Waals surface area contributed by atoms with Crippen LogP contribution in [0, 0.1) is 53.1 Å². The molecule has 194 valence electrons. The van der Waals surface area contributed by atoms with Crippen LogP contribution in [0.25, 0.3) is 0 Å². The normalized spacial score (nSPS) is 24.9. The van der Waals surface area contributed by atoms with Crippen molar-refractivity contribution in [1.29, 1.82) is 0 Å². The molecule has 35 heavy (non-hydrogen) atoms. The monoisotopic (exact) mass is 514 g/mol. The van der Waals surface area contributed by atoms with E-state index in [1.54, 1.807) is 13.8 Å². The minimum atomic E-state index is -0.927. The van der Waals surface area contributed by atoms with Crippen LogP contribution in [0.2, 0.25) is 0 Å². The summed E-state index contributed by atoms with van der Waals surface area (Å²) in [4.78, 5) is 37.6. The van der Waals surface area contributed by atoms with Gasteiger partial charge in [-0.25, -0.2) is 8.78 Å². The number of hydrogen-bond donors (Lipinski definition) is 0. The molecule has 1 aromatic carbocycles. The van der Waals surface area contributed by atoms with Crippen LogP contribution in [-0.2, 0) is 33.3 Å². The number of thioether (sulfide) groups is 1. The molecule has 0 bridgehead atoms. The lowest BCUT2D eigenvalue weighted by atomic mass is 9.90. The Bertz CT molecular complexity index is 923. The van der Waals surface area contributed by atoms with Crippen molar-refractivity contribution in [2.24, 2.45) is 41.4 Å². The SMILES string of the molecule is CC(C)COCOC(=O)C1C(CSc2ccc(F)c(F)c2)CC2C(C(=O)OCOC(=O)C(C)C)C21. The molecule has 5 unspecified atom stereocenters. The number of ether oxygens (including phenoxy) is 4. The summed E-state index contributed by atoms with van der Waals surface area (Å²) in [6.45, 7) is 7.13. The van der Waals surface area contributed by atoms with Crippen LogP contribution in [0.15, 0.2) is 23.1 Å². The van der Waals surface area contributed by atoms with Gasteiger partial charge in [-0.3, -0.25) is 14.4 Å². The predicted octanol–water partition coefficient (Wildman–Crippen LogP) is 4.43. The van der Waals surface area contributed by atoms with Gasteiger partial charge in [-0.1, -0.05) is 27.7 Å². The first-order valence-electron chi connectivity index (χ1n) is 11.8. The summed E-state index contributed by atoms with van der Waals surface area (Å²) >= 11 is 1.33. The van der Waals surface area contributed by atoms with E-state index < -0.39 is 48.2 Å². The summed E-state index contributed by atoms with van der Waals surface area (Å²) in [6.07, 6.45) is 0.597. The van der Waals surface area contributed by atoms with Gasteiger partial charge in [0.15, 0.2) is 18.4 Å². The number of benzene rings is 1. The molecular weight excluding hydrogens is 482 g/mol. The second-order valence-corrected chi connectivity index (χ2v) is 10.8. The summed E-state index contributed by atoms with van der Waals surface area (Å²) in [7, 11) is 0. The molecule has 0 aliphatic heterocycles. The van der Waals surface area contributed by atoms with Gasteiger partial charge in [-0.2, -0.15) is 0 Å². The highest BCUT2D eigenvalue weighted by Crippen LogP contribution is 2.64. The second kappa shape index (κ2) is 12.2. The van der Waals surface area contributed by atoms with Crippen molar-refractivity contribution < 1.29 is 42.1 Å². The molecule has 7 nitrogen and oxygen atoms in total. The van der Waals surface area contributed by atoms with Gasteiger partial charge < -0.3 is 18.9 Å². The highest BCUT2D eigenvalue weighted by Gasteiger charge is 2.67. The summed E-state index contributed by atoms with van der Waals surface area (Å²) in [5.74, 6) is -4.23. The predicted molar refractivity (Wildman–Crippen MR) is 123 cm³/mol. The number of halogens is 2. The average molecular weight is 515 g/mol. The van der Waals surface area contributed by atoms with Crippen molar-refractivity contribution in [3.63, 3.8) is 0 Å². The zero-order chi connectivity index (χ0) is 25.7. The molecule has 2 fully saturated rings. The Morgan fingerprint density at radius 1 is 0.971 bits per heavy atom. The van der Waals surface area contributed by atoms with E-state index in [-0.39, 0.29) is 36.4 Å². The van der Waals surface area contributed by atoms with Gasteiger partial charge in [0, 0.05) is 10.6 Å². The molecule has 0 heterocycles. The van der Waals surface area contributed by atoms with Crippen LogP contribution in [-0.4, -0.2) is 43.9 Å². The minimum absolute atomic E-state index is 0.0482. The third kappa shape index (κ3) is 7.16. The van der Waals surface area contributed by atoms with Crippen LogP contribution < -0.4 is 0 Å². The van der Waals surface area contributed by atoms with Crippen LogP contribution in [0.3, 0.4) is 0 Å². The van der Waals surface area contributed by atoms with Gasteiger partial charge in [0.1, 0.15) is 0 Å². The number of rotatable bonds is 12. The fourth-order valence-corrected chi connectivity index (χ4v) is 5.62. The Balaban J connectivity index is 1.59. The molecule has 0 N–H and O–H groups in total. The molecule has 2 aliphatic rings. The molecule has 2 aliphatic carbocycles. The lowest BCUT2D eigenvalue weighted by Gasteiger charge is -2.22. The van der Waals surface area contributed by atoms with Crippen molar-refractivity contribution in [3.8, 4) is 0 Å². The van der Waals surface area contributed by atoms with Crippen LogP contribution >= 0.6 is 11.8 Å². The van der Waals surface area contributed by atoms with Crippen LogP contribution in [0.5, 0.6) is 0 Å². The topological polar surface area (TPSA) is 88.1 Å². The molecule has 10 heteroatoms. The highest BCUT2D eigenvalue weighted by atomic mass is 32.2. The molecule has 0 saturated heterocycles. The zero-order valence-electron chi connectivity index (χ0n) is 20.3. The van der Waals surface area contributed by atoms with Crippen molar-refractivity contribution in [2.75, 3.05) is 25.9 Å². The number of carbonyl (C=O) groups excluding carboxylic acids is 3. The molecule has 2 saturated carbocycles. The van der Waals surface area contributed by atoms with Gasteiger partial charge in [-0.15, -0.1) is 11.8 Å². The van der Waals surface area contributed by atoms with E-state index in [9.17, 15) is 23.2 Å². The van der Waals surface area contributed by atoms with Crippen molar-refractivity contribution in [1.82, 2.24) is 0 Å². The van der Waals surface area contributed by atoms with Crippen molar-refractivity contribution in [3.05, 3.63) is 29.8 Å². The lowest BCUT2D eigenvalue weighted by molar-refractivity contribution is -0.171. The van der Waals surface area contributed by atoms with Gasteiger partial charge in [0.05, 0.1) is 24.4 Å². The maximum Gasteiger partial charge on any atom is 0.312 e. The number of carbonyl (C=O) groups is 3. The van der Waals surface area contributed by atoms with Crippen molar-refractivity contribution >= 4 is 29.7 Å². The summed E-state index contributed by atoms with van der Waals surface area (Å²) in [5.41, 5.74) is 0. The Morgan fingerprint density at radius 3 is 2.31 bits per heavy atom. The summed E-state index contributed by atoms with van der Waals surface area (Å²) in [6, 6.07) is 3.69. The fourth-order valence-electron chi connectivity index (χ4n) is 4.52. The molecule has 0 amide bonds. The van der Waals surface area contributed by atoms with Crippen molar-refractivity contribution in [2.45, 2.75) is 39.0 Å². The van der Waals surface area contributed by atoms with Gasteiger partial charge in [-0.05, 0) is 48.3 Å². The quantitative estimate of drug-likeness (QED) is 0.175. The van der Waals surface area contributed by atoms with Crippen LogP contribution in [0.1, 0.15) is 34.1 Å². The Labute approximate surface area is 208 Å². The fraction of sp³-hybridized carbons (Fsp3) is 0.640. The van der Waals surface area contributed by atoms with E-state index in [4.69, 9.17) is 18.9 Å². The maximum atomic E-state index is 13.6. The number of esters is 3. The smallest absolute Gasteiger partial charge is 0.312 e. The molecular formula is C25H32F2O7S. The maximum absolute atomic E-state index is 13.6. The van der Waals surface area contributed by atoms with Gasteiger partial charge in [0.25, 0.3) is 0 Å². The standard InChI is InChI=1S/C25H32F2O7S/c1-13(2)9-31-11-32-24(29)20-15(10-35-16-5-6-18(26)19(27)8-16)7-17-21(20)22(17)25(30)34-12-33-23(28)14(3)4/h5-6,8,13-15,17,20-22H,7,9-12H2,1-4H3. The largest absolute Gasteiger partial charge is 0.438 e. The first kappa shape index (κ1) is 27.4. The highest BCUT2D eigenvalue weighted by molar-refractivity contribution is 7.99. The zero-order valence-corrected chi connectivity index (χ0v) is 21.1. The van der Waals surface area contributed by atoms with E-state index in [0.29, 0.717) is 23.7 Å². The van der Waals surface area contributed by atoms with E-state index in [2.05, 4.69) is 0 Å². The third-order valence-corrected chi connectivity index (χ3v) is 7.42. The summed E-state index contributed by atoms with van der Waals surface area (Å²) < 4.78 is 47.5. The molecule has 0 aromatic heterocycles. The van der Waals surface area contributed by atoms with E-state index in [1.165, 1.54) is 17.8 Å². The molecule has 3 rings (SSSR count). The number of hydrogen-bond acceptors (Lipinski definition) is 8. The summed E-state index contributed by atoms with van der Waals surface area (Å²) in [5, 5.41) is 0. The third-order valence-electron chi connectivity index (χ3n) is 6.24. The first-order chi connectivity index (χ1) is 16.6. The Morgan fingerprint density at radius 2 is 1.66 bits per heavy atom. The van der Waals surface area contributed by atoms with E-state index >= 15 is 0 Å². The molecule has 0 radical (unpaired) electrons. The molecule has 1 aromatic rings. The lowest BCUT2D eigenvalue weighted by Crippen LogP contribution is -2.30. The molecule has 5 atom stereocenters. The Hall–Kier alpha value is -2.20. The number of fused-ring (bicyclic) bond motifs is 1. The van der Waals surface area contributed by atoms with Gasteiger partial charge in [0.2, 0.25) is 6.79 Å². The van der Waals surface area contributed by atoms with Crippen LogP contribution in [0.4, 0.5) is 8.78 Å². The second-order valence-electron chi connectivity index (χ2n) is 9.72. The average Bonchev–Trinajstić information content (AvgIpc) is 3.37. The first-order valence-corrected chi connectivity index (χ1v) is 12.7.